The highest BCUT2D eigenvalue weighted by molar-refractivity contribution is 7.15. The lowest BCUT2D eigenvalue weighted by atomic mass is 9.93. The van der Waals surface area contributed by atoms with Crippen molar-refractivity contribution >= 4 is 28.2 Å². The van der Waals surface area contributed by atoms with Gasteiger partial charge in [0.1, 0.15) is 11.6 Å². The fourth-order valence-corrected chi connectivity index (χ4v) is 5.57. The number of hydrogen-bond acceptors (Lipinski definition) is 7. The molecule has 2 aliphatic rings. The third-order valence-corrected chi connectivity index (χ3v) is 7.10. The summed E-state index contributed by atoms with van der Waals surface area (Å²) in [7, 11) is 0. The Labute approximate surface area is 189 Å². The van der Waals surface area contributed by atoms with E-state index in [1.165, 1.54) is 24.1 Å². The molecule has 3 heterocycles. The molecule has 0 atom stereocenters. The SMILES string of the molecule is Cc1nc2c(c(Nc3ncc(C)s3)n1)CCN(CC(=O)N(C(C)C)C1CCCCC1)C2. The monoisotopic (exact) mass is 442 g/mol. The molecular weight excluding hydrogens is 408 g/mol. The number of amides is 1. The second-order valence-corrected chi connectivity index (χ2v) is 10.3. The van der Waals surface area contributed by atoms with Crippen LogP contribution in [0.2, 0.25) is 0 Å². The van der Waals surface area contributed by atoms with Crippen molar-refractivity contribution in [1.29, 1.82) is 0 Å². The Bertz CT molecular complexity index is 921. The van der Waals surface area contributed by atoms with Crippen molar-refractivity contribution in [3.8, 4) is 0 Å². The molecular formula is C23H34N6OS. The van der Waals surface area contributed by atoms with Gasteiger partial charge in [-0.3, -0.25) is 9.69 Å². The number of nitrogens with zero attached hydrogens (tertiary/aromatic N) is 5. The standard InChI is InChI=1S/C23H34N6OS/c1-15(2)29(18-8-6-5-7-9-18)21(30)14-28-11-10-19-20(13-28)25-17(4)26-22(19)27-23-24-12-16(3)31-23/h12,15,18H,5-11,13-14H2,1-4H3,(H,24,25,26,27). The van der Waals surface area contributed by atoms with Gasteiger partial charge in [-0.2, -0.15) is 0 Å². The molecule has 7 nitrogen and oxygen atoms in total. The quantitative estimate of drug-likeness (QED) is 0.722. The van der Waals surface area contributed by atoms with Crippen LogP contribution in [-0.4, -0.2) is 55.8 Å². The van der Waals surface area contributed by atoms with E-state index < -0.39 is 0 Å². The largest absolute Gasteiger partial charge is 0.336 e. The van der Waals surface area contributed by atoms with Crippen LogP contribution in [0.3, 0.4) is 0 Å². The Kier molecular flexibility index (Phi) is 6.86. The van der Waals surface area contributed by atoms with Crippen LogP contribution in [0.25, 0.3) is 0 Å². The minimum atomic E-state index is 0.245. The number of aryl methyl sites for hydroxylation is 2. The van der Waals surface area contributed by atoms with Gasteiger partial charge in [0.05, 0.1) is 12.2 Å². The van der Waals surface area contributed by atoms with Gasteiger partial charge >= 0.3 is 0 Å². The van der Waals surface area contributed by atoms with Crippen LogP contribution in [0.1, 0.15) is 67.9 Å². The molecule has 31 heavy (non-hydrogen) atoms. The van der Waals surface area contributed by atoms with Gasteiger partial charge in [-0.25, -0.2) is 15.0 Å². The number of carbonyl (C=O) groups excluding carboxylic acids is 1. The van der Waals surface area contributed by atoms with E-state index in [1.54, 1.807) is 11.3 Å². The van der Waals surface area contributed by atoms with Crippen LogP contribution in [0.4, 0.5) is 10.9 Å². The zero-order chi connectivity index (χ0) is 22.0. The summed E-state index contributed by atoms with van der Waals surface area (Å²) in [5.41, 5.74) is 2.17. The smallest absolute Gasteiger partial charge is 0.237 e. The molecule has 8 heteroatoms. The Morgan fingerprint density at radius 1 is 1.26 bits per heavy atom. The Hall–Kier alpha value is -2.06. The van der Waals surface area contributed by atoms with E-state index in [0.717, 1.165) is 53.8 Å². The normalized spacial score (nSPS) is 17.6. The van der Waals surface area contributed by atoms with E-state index in [-0.39, 0.29) is 11.9 Å². The number of anilines is 2. The average Bonchev–Trinajstić information content (AvgIpc) is 3.13. The van der Waals surface area contributed by atoms with Crippen LogP contribution in [0.15, 0.2) is 6.20 Å². The molecule has 1 aliphatic heterocycles. The molecule has 1 amide bonds. The molecule has 0 radical (unpaired) electrons. The minimum absolute atomic E-state index is 0.245. The first-order valence-electron chi connectivity index (χ1n) is 11.5. The van der Waals surface area contributed by atoms with Gasteiger partial charge in [0.2, 0.25) is 5.91 Å². The maximum absolute atomic E-state index is 13.3. The van der Waals surface area contributed by atoms with Crippen LogP contribution in [-0.2, 0) is 17.8 Å². The Balaban J connectivity index is 1.46. The predicted molar refractivity (Wildman–Crippen MR) is 125 cm³/mol. The molecule has 0 saturated heterocycles. The number of nitrogens with one attached hydrogen (secondary N) is 1. The fourth-order valence-electron chi connectivity index (χ4n) is 4.91. The Morgan fingerprint density at radius 2 is 2.03 bits per heavy atom. The van der Waals surface area contributed by atoms with Crippen molar-refractivity contribution in [3.05, 3.63) is 28.2 Å². The molecule has 0 bridgehead atoms. The molecule has 1 fully saturated rings. The molecule has 2 aromatic rings. The van der Waals surface area contributed by atoms with Crippen LogP contribution in [0.5, 0.6) is 0 Å². The number of thiazole rings is 1. The van der Waals surface area contributed by atoms with Crippen molar-refractivity contribution in [3.63, 3.8) is 0 Å². The van der Waals surface area contributed by atoms with Crippen LogP contribution in [0, 0.1) is 13.8 Å². The summed E-state index contributed by atoms with van der Waals surface area (Å²) in [6.45, 7) is 10.3. The van der Waals surface area contributed by atoms with E-state index in [0.29, 0.717) is 19.1 Å². The van der Waals surface area contributed by atoms with Gasteiger partial charge in [-0.1, -0.05) is 19.3 Å². The second-order valence-electron chi connectivity index (χ2n) is 9.09. The summed E-state index contributed by atoms with van der Waals surface area (Å²) in [5, 5.41) is 4.25. The molecule has 4 rings (SSSR count). The molecule has 1 aliphatic carbocycles. The van der Waals surface area contributed by atoms with Gasteiger partial charge in [0.15, 0.2) is 5.13 Å². The van der Waals surface area contributed by atoms with Crippen molar-refractivity contribution in [2.75, 3.05) is 18.4 Å². The number of aromatic nitrogens is 3. The highest BCUT2D eigenvalue weighted by Gasteiger charge is 2.30. The van der Waals surface area contributed by atoms with Gasteiger partial charge in [-0.05, 0) is 47.0 Å². The van der Waals surface area contributed by atoms with Gasteiger partial charge in [0, 0.05) is 41.8 Å². The van der Waals surface area contributed by atoms with E-state index >= 15 is 0 Å². The molecule has 0 unspecified atom stereocenters. The van der Waals surface area contributed by atoms with Crippen LogP contribution >= 0.6 is 11.3 Å². The Morgan fingerprint density at radius 3 is 2.71 bits per heavy atom. The van der Waals surface area contributed by atoms with Gasteiger partial charge in [0.25, 0.3) is 0 Å². The van der Waals surface area contributed by atoms with E-state index in [1.807, 2.05) is 20.0 Å². The van der Waals surface area contributed by atoms with Crippen LogP contribution < -0.4 is 5.32 Å². The van der Waals surface area contributed by atoms with E-state index in [4.69, 9.17) is 4.98 Å². The maximum Gasteiger partial charge on any atom is 0.237 e. The van der Waals surface area contributed by atoms with Crippen molar-refractivity contribution < 1.29 is 4.79 Å². The lowest BCUT2D eigenvalue weighted by Crippen LogP contribution is -2.50. The molecule has 0 aromatic carbocycles. The summed E-state index contributed by atoms with van der Waals surface area (Å²) in [5.74, 6) is 1.86. The highest BCUT2D eigenvalue weighted by atomic mass is 32.1. The number of fused-ring (bicyclic) bond motifs is 1. The third kappa shape index (κ3) is 5.23. The van der Waals surface area contributed by atoms with Gasteiger partial charge < -0.3 is 10.2 Å². The van der Waals surface area contributed by atoms with E-state index in [2.05, 4.69) is 38.9 Å². The molecule has 0 spiro atoms. The number of rotatable bonds is 6. The number of carbonyl (C=O) groups is 1. The zero-order valence-electron chi connectivity index (χ0n) is 19.1. The summed E-state index contributed by atoms with van der Waals surface area (Å²) in [4.78, 5) is 32.6. The highest BCUT2D eigenvalue weighted by Crippen LogP contribution is 2.29. The first kappa shape index (κ1) is 22.1. The second kappa shape index (κ2) is 9.61. The first-order valence-corrected chi connectivity index (χ1v) is 12.3. The fraction of sp³-hybridized carbons (Fsp3) is 0.652. The first-order chi connectivity index (χ1) is 14.9. The maximum atomic E-state index is 13.3. The lowest BCUT2D eigenvalue weighted by molar-refractivity contribution is -0.137. The molecule has 1 N–H and O–H groups in total. The molecule has 1 saturated carbocycles. The third-order valence-electron chi connectivity index (χ3n) is 6.27. The minimum Gasteiger partial charge on any atom is -0.336 e. The number of hydrogen-bond donors (Lipinski definition) is 1. The average molecular weight is 443 g/mol. The summed E-state index contributed by atoms with van der Waals surface area (Å²) >= 11 is 1.62. The lowest BCUT2D eigenvalue weighted by Gasteiger charge is -2.39. The topological polar surface area (TPSA) is 74.2 Å². The predicted octanol–water partition coefficient (Wildman–Crippen LogP) is 4.22. The molecule has 2 aromatic heterocycles. The van der Waals surface area contributed by atoms with Crippen molar-refractivity contribution in [2.45, 2.75) is 84.8 Å². The van der Waals surface area contributed by atoms with Gasteiger partial charge in [-0.15, -0.1) is 11.3 Å². The summed E-state index contributed by atoms with van der Waals surface area (Å²) < 4.78 is 0. The summed E-state index contributed by atoms with van der Waals surface area (Å²) in [6, 6.07) is 0.648. The van der Waals surface area contributed by atoms with Crippen molar-refractivity contribution in [2.24, 2.45) is 0 Å². The zero-order valence-corrected chi connectivity index (χ0v) is 20.0. The molecule has 168 valence electrons. The van der Waals surface area contributed by atoms with E-state index in [9.17, 15) is 4.79 Å². The summed E-state index contributed by atoms with van der Waals surface area (Å²) in [6.07, 6.45) is 8.77. The van der Waals surface area contributed by atoms with Crippen molar-refractivity contribution in [1.82, 2.24) is 24.8 Å².